The van der Waals surface area contributed by atoms with E-state index in [-0.39, 0.29) is 0 Å². The Morgan fingerprint density at radius 2 is 1.86 bits per heavy atom. The Morgan fingerprint density at radius 3 is 2.14 bits per heavy atom. The highest BCUT2D eigenvalue weighted by molar-refractivity contribution is 5.83. The van der Waals surface area contributed by atoms with E-state index in [1.54, 1.807) is 0 Å². The summed E-state index contributed by atoms with van der Waals surface area (Å²) in [4.78, 5) is 38.2. The molecule has 0 radical (unpaired) electrons. The fourth-order valence-corrected chi connectivity index (χ4v) is 0.740. The molecule has 0 spiro atoms. The van der Waals surface area contributed by atoms with E-state index in [1.165, 1.54) is 0 Å². The first-order valence-corrected chi connectivity index (χ1v) is 2.86. The van der Waals surface area contributed by atoms with Crippen LogP contribution in [0.25, 0.3) is 0 Å². The topological polar surface area (TPSA) is 161 Å². The molecule has 0 saturated carbocycles. The molecule has 0 atom stereocenters. The molecule has 12 heteroatoms. The summed E-state index contributed by atoms with van der Waals surface area (Å²) in [6, 6.07) is 0. The first kappa shape index (κ1) is 9.56. The zero-order valence-corrected chi connectivity index (χ0v) is 6.13. The van der Waals surface area contributed by atoms with E-state index in [2.05, 4.69) is 10.3 Å². The molecule has 0 fully saturated rings. The van der Waals surface area contributed by atoms with Crippen molar-refractivity contribution >= 4 is 5.91 Å². The van der Waals surface area contributed by atoms with E-state index < -0.39 is 26.7 Å². The molecule has 0 unspecified atom stereocenters. The van der Waals surface area contributed by atoms with Gasteiger partial charge in [0.1, 0.15) is 9.85 Å². The number of carbonyl (C=O) groups excluding carboxylic acids is 1. The Bertz CT molecular complexity index is 345. The highest BCUT2D eigenvalue weighted by Gasteiger charge is 2.76. The van der Waals surface area contributed by atoms with Crippen LogP contribution in [0.5, 0.6) is 0 Å². The lowest BCUT2D eigenvalue weighted by atomic mass is 10.4. The summed E-state index contributed by atoms with van der Waals surface area (Å²) in [7, 11) is 0. The van der Waals surface area contributed by atoms with Crippen LogP contribution in [0, 0.1) is 25.1 Å². The van der Waals surface area contributed by atoms with Gasteiger partial charge in [0.2, 0.25) is 0 Å². The van der Waals surface area contributed by atoms with Crippen LogP contribution in [0.2, 0.25) is 0 Å². The first-order chi connectivity index (χ1) is 6.47. The number of carbonyl (C=O) groups is 1. The van der Waals surface area contributed by atoms with Gasteiger partial charge in [-0.2, -0.15) is 0 Å². The minimum Gasteiger partial charge on any atom is -0.256 e. The average Bonchev–Trinajstić information content (AvgIpc) is 2.42. The third-order valence-electron chi connectivity index (χ3n) is 1.37. The fourth-order valence-electron chi connectivity index (χ4n) is 0.740. The highest BCUT2D eigenvalue weighted by Crippen LogP contribution is 2.26. The van der Waals surface area contributed by atoms with E-state index in [0.29, 0.717) is 0 Å². The number of nitro groups is 2. The molecule has 0 bridgehead atoms. The van der Waals surface area contributed by atoms with E-state index in [1.807, 2.05) is 5.29 Å². The quantitative estimate of drug-likeness (QED) is 0.248. The van der Waals surface area contributed by atoms with Crippen molar-refractivity contribution in [2.45, 2.75) is 5.79 Å². The maximum Gasteiger partial charge on any atom is 0.665 e. The maximum atomic E-state index is 10.8. The molecular formula is C2N6O6. The third kappa shape index (κ3) is 0.838. The van der Waals surface area contributed by atoms with Crippen molar-refractivity contribution in [1.29, 1.82) is 0 Å². The molecule has 74 valence electrons. The molecule has 14 heavy (non-hydrogen) atoms. The number of rotatable bonds is 3. The number of nitrogens with zero attached hydrogens (tertiary/aromatic N) is 6. The summed E-state index contributed by atoms with van der Waals surface area (Å²) in [5, 5.41) is 27.1. The van der Waals surface area contributed by atoms with Crippen molar-refractivity contribution in [3.05, 3.63) is 25.1 Å². The Balaban J connectivity index is 3.34. The van der Waals surface area contributed by atoms with Gasteiger partial charge in [0, 0.05) is 5.12 Å². The zero-order valence-electron chi connectivity index (χ0n) is 6.13. The number of hydrogen-bond acceptors (Lipinski definition) is 8. The largest absolute Gasteiger partial charge is 0.665 e. The van der Waals surface area contributed by atoms with Gasteiger partial charge in [-0.25, -0.2) is 0 Å². The standard InChI is InChI=1S/C2N6O6/c9-1-2(7(11)12,8(13)14)6(5-10)4-3-1. The lowest BCUT2D eigenvalue weighted by molar-refractivity contribution is -0.802. The molecule has 0 N–H and O–H groups in total. The minimum absolute atomic E-state index is 0.505. The summed E-state index contributed by atoms with van der Waals surface area (Å²) in [6.07, 6.45) is 0. The number of hydrogen-bond donors (Lipinski definition) is 0. The van der Waals surface area contributed by atoms with Gasteiger partial charge in [-0.3, -0.25) is 25.0 Å². The lowest BCUT2D eigenvalue weighted by Gasteiger charge is -2.09. The summed E-state index contributed by atoms with van der Waals surface area (Å²) in [5.74, 6) is -5.34. The Morgan fingerprint density at radius 1 is 1.36 bits per heavy atom. The average molecular weight is 204 g/mol. The second-order valence-corrected chi connectivity index (χ2v) is 2.02. The molecule has 12 nitrogen and oxygen atoms in total. The first-order valence-electron chi connectivity index (χ1n) is 2.86. The van der Waals surface area contributed by atoms with Crippen LogP contribution >= 0.6 is 0 Å². The molecule has 0 saturated heterocycles. The normalized spacial score (nSPS) is 18.3. The van der Waals surface area contributed by atoms with Gasteiger partial charge in [0.25, 0.3) is 0 Å². The molecule has 0 aromatic carbocycles. The Hall–Kier alpha value is -2.53. The van der Waals surface area contributed by atoms with E-state index in [4.69, 9.17) is 0 Å². The Labute approximate surface area is 73.4 Å². The van der Waals surface area contributed by atoms with Gasteiger partial charge >= 0.3 is 11.7 Å². The summed E-state index contributed by atoms with van der Waals surface area (Å²) < 4.78 is 0. The lowest BCUT2D eigenvalue weighted by Crippen LogP contribution is -2.58. The van der Waals surface area contributed by atoms with Crippen molar-refractivity contribution in [1.82, 2.24) is 5.12 Å². The second-order valence-electron chi connectivity index (χ2n) is 2.02. The predicted molar refractivity (Wildman–Crippen MR) is 34.2 cm³/mol. The van der Waals surface area contributed by atoms with E-state index >= 15 is 0 Å². The minimum atomic E-state index is -3.55. The van der Waals surface area contributed by atoms with Crippen LogP contribution in [0.3, 0.4) is 0 Å². The summed E-state index contributed by atoms with van der Waals surface area (Å²) >= 11 is 0. The summed E-state index contributed by atoms with van der Waals surface area (Å²) in [5.41, 5.74) is 0. The van der Waals surface area contributed by atoms with Crippen LogP contribution < -0.4 is 0 Å². The smallest absolute Gasteiger partial charge is 0.256 e. The van der Waals surface area contributed by atoms with Gasteiger partial charge in [0.05, 0.1) is 5.29 Å². The van der Waals surface area contributed by atoms with E-state index in [0.717, 1.165) is 0 Å². The van der Waals surface area contributed by atoms with Crippen molar-refractivity contribution in [3.63, 3.8) is 0 Å². The van der Waals surface area contributed by atoms with E-state index in [9.17, 15) is 29.9 Å². The molecule has 1 heterocycles. The molecule has 1 aliphatic heterocycles. The molecule has 1 aliphatic rings. The van der Waals surface area contributed by atoms with Gasteiger partial charge in [0.15, 0.2) is 0 Å². The number of nitroso groups, excluding NO2 is 1. The second kappa shape index (κ2) is 2.75. The molecule has 1 rings (SSSR count). The maximum absolute atomic E-state index is 10.8. The SMILES string of the molecule is O=NN1N=NC(=O)C1([N+](=O)[O-])[N+](=O)[O-]. The van der Waals surface area contributed by atoms with Crippen molar-refractivity contribution in [2.75, 3.05) is 0 Å². The Kier molecular flexibility index (Phi) is 1.88. The molecule has 1 amide bonds. The number of amides is 1. The van der Waals surface area contributed by atoms with Crippen LogP contribution in [-0.2, 0) is 4.79 Å². The van der Waals surface area contributed by atoms with Crippen molar-refractivity contribution in [2.24, 2.45) is 15.6 Å². The van der Waals surface area contributed by atoms with Crippen LogP contribution in [0.15, 0.2) is 15.6 Å². The molecule has 0 aromatic rings. The molecule has 0 aliphatic carbocycles. The third-order valence-corrected chi connectivity index (χ3v) is 1.37. The molecular weight excluding hydrogens is 204 g/mol. The van der Waals surface area contributed by atoms with Gasteiger partial charge < -0.3 is 0 Å². The fraction of sp³-hybridized carbons (Fsp3) is 0.500. The van der Waals surface area contributed by atoms with Gasteiger partial charge in [-0.15, -0.1) is 4.91 Å². The van der Waals surface area contributed by atoms with Crippen LogP contribution in [-0.4, -0.2) is 26.7 Å². The highest BCUT2D eigenvalue weighted by atomic mass is 16.7. The van der Waals surface area contributed by atoms with Crippen molar-refractivity contribution in [3.8, 4) is 0 Å². The van der Waals surface area contributed by atoms with Crippen molar-refractivity contribution < 1.29 is 14.6 Å². The van der Waals surface area contributed by atoms with Crippen LogP contribution in [0.4, 0.5) is 0 Å². The molecule has 0 aromatic heterocycles. The monoisotopic (exact) mass is 204 g/mol. The van der Waals surface area contributed by atoms with Crippen LogP contribution in [0.1, 0.15) is 0 Å². The predicted octanol–water partition coefficient (Wildman–Crippen LogP) is -0.916. The summed E-state index contributed by atoms with van der Waals surface area (Å²) in [6.45, 7) is 0. The van der Waals surface area contributed by atoms with Gasteiger partial charge in [-0.05, 0) is 5.22 Å². The zero-order chi connectivity index (χ0) is 10.9. The van der Waals surface area contributed by atoms with Gasteiger partial charge in [-0.1, -0.05) is 5.11 Å².